The van der Waals surface area contributed by atoms with E-state index in [4.69, 9.17) is 4.74 Å². The highest BCUT2D eigenvalue weighted by Crippen LogP contribution is 2.11. The number of hydrogen-bond donors (Lipinski definition) is 2. The molecule has 0 unspecified atom stereocenters. The van der Waals surface area contributed by atoms with Crippen molar-refractivity contribution in [3.8, 4) is 0 Å². The van der Waals surface area contributed by atoms with Gasteiger partial charge >= 0.3 is 5.97 Å². The Morgan fingerprint density at radius 2 is 1.29 bits per heavy atom. The molecule has 0 radical (unpaired) electrons. The van der Waals surface area contributed by atoms with Crippen LogP contribution in [0.25, 0.3) is 0 Å². The van der Waals surface area contributed by atoms with Gasteiger partial charge in [-0.2, -0.15) is 0 Å². The van der Waals surface area contributed by atoms with Gasteiger partial charge in [0.1, 0.15) is 0 Å². The minimum atomic E-state index is -0.0740. The Morgan fingerprint density at radius 1 is 0.750 bits per heavy atom. The van der Waals surface area contributed by atoms with Crippen LogP contribution in [0.4, 0.5) is 0 Å². The number of hydrogen-bond acceptors (Lipinski definition) is 4. The molecule has 24 heavy (non-hydrogen) atoms. The second kappa shape index (κ2) is 20.4. The fourth-order valence-electron chi connectivity index (χ4n) is 2.73. The van der Waals surface area contributed by atoms with E-state index in [0.29, 0.717) is 19.6 Å². The first-order valence-electron chi connectivity index (χ1n) is 10.3. The number of esters is 1. The standard InChI is InChI=1S/C20H42N2O2/c1-3-4-5-6-7-8-9-10-11-12-13-14-19-24-20(23)15-16-22-18-17-21-2/h21-22H,3-19H2,1-2H3. The van der Waals surface area contributed by atoms with Gasteiger partial charge in [0.2, 0.25) is 0 Å². The molecule has 0 rings (SSSR count). The lowest BCUT2D eigenvalue weighted by atomic mass is 10.1. The molecule has 4 heteroatoms. The van der Waals surface area contributed by atoms with Crippen LogP contribution in [-0.4, -0.2) is 39.3 Å². The lowest BCUT2D eigenvalue weighted by Gasteiger charge is -2.06. The lowest BCUT2D eigenvalue weighted by Crippen LogP contribution is -2.27. The van der Waals surface area contributed by atoms with Crippen molar-refractivity contribution < 1.29 is 9.53 Å². The number of carbonyl (C=O) groups is 1. The first-order valence-corrected chi connectivity index (χ1v) is 10.3. The number of unbranched alkanes of at least 4 members (excludes halogenated alkanes) is 11. The molecule has 0 aliphatic heterocycles. The Balaban J connectivity index is 3.10. The summed E-state index contributed by atoms with van der Waals surface area (Å²) in [4.78, 5) is 11.5. The molecule has 0 bridgehead atoms. The number of nitrogens with one attached hydrogen (secondary N) is 2. The van der Waals surface area contributed by atoms with Crippen LogP contribution < -0.4 is 10.6 Å². The van der Waals surface area contributed by atoms with Crippen molar-refractivity contribution in [2.75, 3.05) is 33.3 Å². The van der Waals surface area contributed by atoms with Gasteiger partial charge in [0, 0.05) is 19.6 Å². The maximum absolute atomic E-state index is 11.5. The van der Waals surface area contributed by atoms with Crippen LogP contribution in [0.2, 0.25) is 0 Å². The van der Waals surface area contributed by atoms with Crippen molar-refractivity contribution in [1.82, 2.24) is 10.6 Å². The summed E-state index contributed by atoms with van der Waals surface area (Å²) in [5, 5.41) is 6.26. The monoisotopic (exact) mass is 342 g/mol. The van der Waals surface area contributed by atoms with Crippen molar-refractivity contribution in [1.29, 1.82) is 0 Å². The molecule has 2 N–H and O–H groups in total. The van der Waals surface area contributed by atoms with Crippen molar-refractivity contribution >= 4 is 5.97 Å². The highest BCUT2D eigenvalue weighted by atomic mass is 16.5. The highest BCUT2D eigenvalue weighted by Gasteiger charge is 2.01. The molecule has 0 aromatic rings. The average molecular weight is 343 g/mol. The van der Waals surface area contributed by atoms with Gasteiger partial charge < -0.3 is 15.4 Å². The van der Waals surface area contributed by atoms with E-state index >= 15 is 0 Å². The first-order chi connectivity index (χ1) is 11.8. The largest absolute Gasteiger partial charge is 0.466 e. The zero-order valence-corrected chi connectivity index (χ0v) is 16.3. The topological polar surface area (TPSA) is 50.4 Å². The molecule has 144 valence electrons. The summed E-state index contributed by atoms with van der Waals surface area (Å²) >= 11 is 0. The fourth-order valence-corrected chi connectivity index (χ4v) is 2.73. The van der Waals surface area contributed by atoms with E-state index in [1.165, 1.54) is 70.6 Å². The molecule has 0 saturated heterocycles. The van der Waals surface area contributed by atoms with Crippen molar-refractivity contribution in [2.24, 2.45) is 0 Å². The quantitative estimate of drug-likeness (QED) is 0.269. The normalized spacial score (nSPS) is 10.9. The van der Waals surface area contributed by atoms with Gasteiger partial charge in [-0.3, -0.25) is 4.79 Å². The summed E-state index contributed by atoms with van der Waals surface area (Å²) in [7, 11) is 1.92. The molecule has 0 saturated carbocycles. The van der Waals surface area contributed by atoms with E-state index in [0.717, 1.165) is 19.5 Å². The molecule has 0 spiro atoms. The van der Waals surface area contributed by atoms with E-state index in [-0.39, 0.29) is 5.97 Å². The van der Waals surface area contributed by atoms with Gasteiger partial charge in [-0.1, -0.05) is 77.6 Å². The molecule has 0 heterocycles. The van der Waals surface area contributed by atoms with E-state index < -0.39 is 0 Å². The minimum Gasteiger partial charge on any atom is -0.466 e. The molecule has 0 aromatic carbocycles. The molecule has 0 atom stereocenters. The Hall–Kier alpha value is -0.610. The number of likely N-dealkylation sites (N-methyl/N-ethyl adjacent to an activating group) is 1. The third-order valence-corrected chi connectivity index (χ3v) is 4.32. The van der Waals surface area contributed by atoms with Crippen LogP contribution in [0.5, 0.6) is 0 Å². The lowest BCUT2D eigenvalue weighted by molar-refractivity contribution is -0.143. The summed E-state index contributed by atoms with van der Waals surface area (Å²) < 4.78 is 5.25. The Morgan fingerprint density at radius 3 is 1.83 bits per heavy atom. The van der Waals surface area contributed by atoms with Crippen LogP contribution in [-0.2, 0) is 9.53 Å². The predicted octanol–water partition coefficient (Wildman–Crippen LogP) is 4.43. The maximum atomic E-state index is 11.5. The summed E-state index contributed by atoms with van der Waals surface area (Å²) in [6.45, 7) is 5.38. The van der Waals surface area contributed by atoms with Gasteiger partial charge in [0.15, 0.2) is 0 Å². The van der Waals surface area contributed by atoms with Gasteiger partial charge in [0.25, 0.3) is 0 Å². The zero-order valence-electron chi connectivity index (χ0n) is 16.3. The summed E-state index contributed by atoms with van der Waals surface area (Å²) in [5.74, 6) is -0.0740. The van der Waals surface area contributed by atoms with Gasteiger partial charge in [-0.15, -0.1) is 0 Å². The molecule has 0 aromatic heterocycles. The smallest absolute Gasteiger partial charge is 0.307 e. The molecule has 0 aliphatic rings. The van der Waals surface area contributed by atoms with Crippen molar-refractivity contribution in [3.63, 3.8) is 0 Å². The summed E-state index contributed by atoms with van der Waals surface area (Å²) in [6, 6.07) is 0. The average Bonchev–Trinajstić information content (AvgIpc) is 2.59. The van der Waals surface area contributed by atoms with E-state index in [2.05, 4.69) is 17.6 Å². The van der Waals surface area contributed by atoms with E-state index in [1.54, 1.807) is 0 Å². The van der Waals surface area contributed by atoms with Crippen molar-refractivity contribution in [2.45, 2.75) is 90.4 Å². The predicted molar refractivity (Wildman–Crippen MR) is 103 cm³/mol. The molecule has 0 amide bonds. The SMILES string of the molecule is CCCCCCCCCCCCCCOC(=O)CCNCCNC. The first kappa shape index (κ1) is 23.4. The zero-order chi connectivity index (χ0) is 17.7. The van der Waals surface area contributed by atoms with Crippen LogP contribution in [0.1, 0.15) is 90.4 Å². The Labute approximate surface area is 150 Å². The number of rotatable bonds is 19. The molecule has 0 aliphatic carbocycles. The Kier molecular flexibility index (Phi) is 19.9. The molecule has 0 fully saturated rings. The fraction of sp³-hybridized carbons (Fsp3) is 0.950. The molecular weight excluding hydrogens is 300 g/mol. The second-order valence-electron chi connectivity index (χ2n) is 6.71. The van der Waals surface area contributed by atoms with Crippen LogP contribution in [0.3, 0.4) is 0 Å². The van der Waals surface area contributed by atoms with Crippen LogP contribution in [0.15, 0.2) is 0 Å². The minimum absolute atomic E-state index is 0.0740. The van der Waals surface area contributed by atoms with E-state index in [9.17, 15) is 4.79 Å². The Bertz CT molecular complexity index is 260. The molecule has 4 nitrogen and oxygen atoms in total. The summed E-state index contributed by atoms with van der Waals surface area (Å²) in [5.41, 5.74) is 0. The molecular formula is C20H42N2O2. The van der Waals surface area contributed by atoms with Gasteiger partial charge in [-0.25, -0.2) is 0 Å². The number of ether oxygens (including phenoxy) is 1. The van der Waals surface area contributed by atoms with E-state index in [1.807, 2.05) is 7.05 Å². The van der Waals surface area contributed by atoms with Crippen molar-refractivity contribution in [3.05, 3.63) is 0 Å². The van der Waals surface area contributed by atoms with Gasteiger partial charge in [0.05, 0.1) is 13.0 Å². The van der Waals surface area contributed by atoms with Gasteiger partial charge in [-0.05, 0) is 13.5 Å². The second-order valence-corrected chi connectivity index (χ2v) is 6.71. The third-order valence-electron chi connectivity index (χ3n) is 4.32. The highest BCUT2D eigenvalue weighted by molar-refractivity contribution is 5.69. The van der Waals surface area contributed by atoms with Crippen LogP contribution in [0, 0.1) is 0 Å². The number of carbonyl (C=O) groups excluding carboxylic acids is 1. The summed E-state index contributed by atoms with van der Waals surface area (Å²) in [6.07, 6.45) is 16.4. The maximum Gasteiger partial charge on any atom is 0.307 e. The third kappa shape index (κ3) is 19.4. The van der Waals surface area contributed by atoms with Crippen LogP contribution >= 0.6 is 0 Å².